The van der Waals surface area contributed by atoms with Crippen LogP contribution in [0.4, 0.5) is 10.5 Å². The summed E-state index contributed by atoms with van der Waals surface area (Å²) in [5, 5.41) is 8.67. The lowest BCUT2D eigenvalue weighted by Gasteiger charge is -2.32. The van der Waals surface area contributed by atoms with Gasteiger partial charge in [-0.1, -0.05) is 13.8 Å². The zero-order valence-electron chi connectivity index (χ0n) is 21.8. The zero-order chi connectivity index (χ0) is 28.1. The molecule has 11 nitrogen and oxygen atoms in total. The Balaban J connectivity index is 1.35. The maximum Gasteiger partial charge on any atom is 0.320 e. The van der Waals surface area contributed by atoms with E-state index in [0.29, 0.717) is 5.69 Å². The number of aromatic nitrogens is 1. The third-order valence-corrected chi connectivity index (χ3v) is 8.52. The maximum atomic E-state index is 13.1. The SMILES string of the molecule is COc1ccc2nc([C@](C)(NC(=O)Nc3ccc4c(c3)C(=O)N(C3CCC(=O)NC3=O)C4=O)C(C)C)sc2c1. The maximum absolute atomic E-state index is 13.1. The number of thiazole rings is 1. The Morgan fingerprint density at radius 1 is 1.13 bits per heavy atom. The Hall–Kier alpha value is -4.32. The van der Waals surface area contributed by atoms with Crippen molar-refractivity contribution in [2.45, 2.75) is 45.2 Å². The predicted molar refractivity (Wildman–Crippen MR) is 144 cm³/mol. The van der Waals surface area contributed by atoms with Crippen LogP contribution in [0.5, 0.6) is 5.75 Å². The molecular formula is C27H27N5O6S. The minimum absolute atomic E-state index is 0.0213. The second-order valence-electron chi connectivity index (χ2n) is 10.00. The fourth-order valence-corrected chi connectivity index (χ4v) is 5.89. The number of hydrogen-bond acceptors (Lipinski definition) is 8. The highest BCUT2D eigenvalue weighted by Crippen LogP contribution is 2.36. The van der Waals surface area contributed by atoms with Crippen LogP contribution in [-0.2, 0) is 15.1 Å². The van der Waals surface area contributed by atoms with Crippen LogP contribution in [0, 0.1) is 5.92 Å². The van der Waals surface area contributed by atoms with Crippen molar-refractivity contribution < 1.29 is 28.7 Å². The Labute approximate surface area is 227 Å². The van der Waals surface area contributed by atoms with E-state index in [1.54, 1.807) is 7.11 Å². The highest BCUT2D eigenvalue weighted by atomic mass is 32.1. The molecule has 39 heavy (non-hydrogen) atoms. The number of rotatable bonds is 6. The van der Waals surface area contributed by atoms with Gasteiger partial charge in [0.2, 0.25) is 11.8 Å². The number of carbonyl (C=O) groups is 5. The molecule has 1 unspecified atom stereocenters. The molecule has 0 spiro atoms. The standard InChI is InChI=1S/C27H27N5O6S/c1-13(2)27(3,25-29-18-8-6-15(38-4)12-20(18)39-25)31-26(37)28-14-5-7-16-17(11-14)24(36)32(23(16)35)19-9-10-21(33)30-22(19)34/h5-8,11-13,19H,9-10H2,1-4H3,(H2,28,31,37)(H,30,33,34)/t19?,27-/m1/s1. The van der Waals surface area contributed by atoms with Crippen LogP contribution in [0.1, 0.15) is 59.3 Å². The van der Waals surface area contributed by atoms with E-state index in [-0.39, 0.29) is 29.9 Å². The van der Waals surface area contributed by atoms with Crippen LogP contribution in [-0.4, -0.2) is 52.7 Å². The number of urea groups is 1. The molecule has 2 aromatic carbocycles. The number of ether oxygens (including phenoxy) is 1. The van der Waals surface area contributed by atoms with Crippen LogP contribution >= 0.6 is 11.3 Å². The second-order valence-corrected chi connectivity index (χ2v) is 11.0. The number of anilines is 1. The second kappa shape index (κ2) is 9.77. The van der Waals surface area contributed by atoms with Crippen molar-refractivity contribution in [3.63, 3.8) is 0 Å². The summed E-state index contributed by atoms with van der Waals surface area (Å²) < 4.78 is 6.24. The van der Waals surface area contributed by atoms with Crippen molar-refractivity contribution in [1.82, 2.24) is 20.5 Å². The molecule has 5 rings (SSSR count). The van der Waals surface area contributed by atoms with E-state index in [4.69, 9.17) is 9.72 Å². The Kier molecular flexibility index (Phi) is 6.59. The monoisotopic (exact) mass is 549 g/mol. The van der Waals surface area contributed by atoms with Gasteiger partial charge in [-0.3, -0.25) is 29.4 Å². The van der Waals surface area contributed by atoms with Gasteiger partial charge < -0.3 is 15.4 Å². The molecule has 2 atom stereocenters. The molecule has 0 aliphatic carbocycles. The Morgan fingerprint density at radius 2 is 1.87 bits per heavy atom. The predicted octanol–water partition coefficient (Wildman–Crippen LogP) is 3.40. The van der Waals surface area contributed by atoms with E-state index in [0.717, 1.165) is 25.9 Å². The first kappa shape index (κ1) is 26.3. The summed E-state index contributed by atoms with van der Waals surface area (Å²) in [5.41, 5.74) is 0.498. The van der Waals surface area contributed by atoms with Crippen molar-refractivity contribution in [2.75, 3.05) is 12.4 Å². The third-order valence-electron chi connectivity index (χ3n) is 7.27. The van der Waals surface area contributed by atoms with Crippen molar-refractivity contribution >= 4 is 56.9 Å². The number of imide groups is 2. The summed E-state index contributed by atoms with van der Waals surface area (Å²) in [5.74, 6) is -1.68. The molecule has 12 heteroatoms. The topological polar surface area (TPSA) is 147 Å². The summed E-state index contributed by atoms with van der Waals surface area (Å²) in [6.07, 6.45) is 0.101. The summed E-state index contributed by atoms with van der Waals surface area (Å²) in [7, 11) is 1.60. The van der Waals surface area contributed by atoms with Gasteiger partial charge in [0.25, 0.3) is 11.8 Å². The van der Waals surface area contributed by atoms with Crippen LogP contribution in [0.3, 0.4) is 0 Å². The molecule has 0 saturated carbocycles. The van der Waals surface area contributed by atoms with Gasteiger partial charge in [-0.15, -0.1) is 11.3 Å². The molecule has 3 N–H and O–H groups in total. The summed E-state index contributed by atoms with van der Waals surface area (Å²) in [6, 6.07) is 8.41. The van der Waals surface area contributed by atoms with E-state index in [2.05, 4.69) is 16.0 Å². The van der Waals surface area contributed by atoms with Crippen molar-refractivity contribution in [2.24, 2.45) is 5.92 Å². The summed E-state index contributed by atoms with van der Waals surface area (Å²) >= 11 is 1.47. The van der Waals surface area contributed by atoms with Crippen molar-refractivity contribution in [3.8, 4) is 5.75 Å². The Bertz CT molecular complexity index is 1550. The van der Waals surface area contributed by atoms with Gasteiger partial charge in [0.05, 0.1) is 34.0 Å². The van der Waals surface area contributed by atoms with Gasteiger partial charge in [-0.25, -0.2) is 9.78 Å². The number of amides is 6. The van der Waals surface area contributed by atoms with Crippen molar-refractivity contribution in [1.29, 1.82) is 0 Å². The van der Waals surface area contributed by atoms with Gasteiger partial charge in [-0.2, -0.15) is 0 Å². The lowest BCUT2D eigenvalue weighted by atomic mass is 9.89. The number of nitrogens with one attached hydrogen (secondary N) is 3. The van der Waals surface area contributed by atoms with E-state index >= 15 is 0 Å². The van der Waals surface area contributed by atoms with Crippen LogP contribution in [0.25, 0.3) is 10.2 Å². The van der Waals surface area contributed by atoms with Gasteiger partial charge >= 0.3 is 6.03 Å². The van der Waals surface area contributed by atoms with Crippen LogP contribution in [0.15, 0.2) is 36.4 Å². The number of piperidine rings is 1. The average Bonchev–Trinajstić information content (AvgIpc) is 3.43. The quantitative estimate of drug-likeness (QED) is 0.399. The van der Waals surface area contributed by atoms with E-state index in [9.17, 15) is 24.0 Å². The normalized spacial score (nSPS) is 18.7. The minimum Gasteiger partial charge on any atom is -0.497 e. The van der Waals surface area contributed by atoms with E-state index in [1.165, 1.54) is 29.5 Å². The smallest absolute Gasteiger partial charge is 0.320 e. The highest BCUT2D eigenvalue weighted by Gasteiger charge is 2.44. The third kappa shape index (κ3) is 4.60. The van der Waals surface area contributed by atoms with Crippen LogP contribution in [0.2, 0.25) is 0 Å². The number of benzene rings is 2. The van der Waals surface area contributed by atoms with Crippen molar-refractivity contribution in [3.05, 3.63) is 52.5 Å². The zero-order valence-corrected chi connectivity index (χ0v) is 22.6. The minimum atomic E-state index is -1.06. The van der Waals surface area contributed by atoms with E-state index in [1.807, 2.05) is 39.0 Å². The molecule has 2 aliphatic rings. The number of fused-ring (bicyclic) bond motifs is 2. The molecule has 0 bridgehead atoms. The van der Waals surface area contributed by atoms with E-state index < -0.39 is 41.2 Å². The number of carbonyl (C=O) groups excluding carboxylic acids is 5. The number of hydrogen-bond donors (Lipinski definition) is 3. The summed E-state index contributed by atoms with van der Waals surface area (Å²) in [4.78, 5) is 68.6. The number of methoxy groups -OCH3 is 1. The lowest BCUT2D eigenvalue weighted by molar-refractivity contribution is -0.136. The molecule has 1 fully saturated rings. The Morgan fingerprint density at radius 3 is 2.56 bits per heavy atom. The molecule has 1 aromatic heterocycles. The summed E-state index contributed by atoms with van der Waals surface area (Å²) in [6.45, 7) is 5.86. The first-order chi connectivity index (χ1) is 18.5. The van der Waals surface area contributed by atoms with Gasteiger partial charge in [0, 0.05) is 12.1 Å². The van der Waals surface area contributed by atoms with Gasteiger partial charge in [-0.05, 0) is 55.7 Å². The van der Waals surface area contributed by atoms with Gasteiger partial charge in [0.15, 0.2) is 0 Å². The molecule has 202 valence electrons. The molecule has 6 amide bonds. The molecule has 2 aliphatic heterocycles. The molecular weight excluding hydrogens is 522 g/mol. The average molecular weight is 550 g/mol. The highest BCUT2D eigenvalue weighted by molar-refractivity contribution is 7.18. The number of nitrogens with zero attached hydrogens (tertiary/aromatic N) is 2. The van der Waals surface area contributed by atoms with Crippen LogP contribution < -0.4 is 20.7 Å². The largest absolute Gasteiger partial charge is 0.497 e. The fourth-order valence-electron chi connectivity index (χ4n) is 4.65. The molecule has 1 saturated heterocycles. The molecule has 0 radical (unpaired) electrons. The lowest BCUT2D eigenvalue weighted by Crippen LogP contribution is -2.54. The van der Waals surface area contributed by atoms with Gasteiger partial charge in [0.1, 0.15) is 16.8 Å². The fraction of sp³-hybridized carbons (Fsp3) is 0.333. The molecule has 3 heterocycles. The molecule has 3 aromatic rings. The first-order valence-electron chi connectivity index (χ1n) is 12.4. The first-order valence-corrected chi connectivity index (χ1v) is 13.2.